The summed E-state index contributed by atoms with van der Waals surface area (Å²) >= 11 is 9.76. The highest BCUT2D eigenvalue weighted by atomic mass is 79.9. The summed E-state index contributed by atoms with van der Waals surface area (Å²) in [5, 5.41) is 4.28. The molecule has 0 aromatic heterocycles. The maximum Gasteiger partial charge on any atom is 0.118 e. The average molecular weight is 369 g/mol. The van der Waals surface area contributed by atoms with Gasteiger partial charge in [-0.05, 0) is 54.4 Å². The van der Waals surface area contributed by atoms with Gasteiger partial charge in [-0.25, -0.2) is 0 Å². The van der Waals surface area contributed by atoms with Crippen molar-refractivity contribution in [2.24, 2.45) is 0 Å². The van der Waals surface area contributed by atoms with Crippen LogP contribution in [0.2, 0.25) is 5.02 Å². The second-order valence-electron chi connectivity index (χ2n) is 4.83. The fourth-order valence-corrected chi connectivity index (χ4v) is 3.02. The van der Waals surface area contributed by atoms with Crippen molar-refractivity contribution in [3.63, 3.8) is 0 Å². The molecule has 0 amide bonds. The van der Waals surface area contributed by atoms with Gasteiger partial charge in [0.25, 0.3) is 0 Å². The Hall–Kier alpha value is -1.03. The molecule has 0 saturated heterocycles. The number of nitrogens with one attached hydrogen (secondary N) is 1. The molecule has 0 aliphatic rings. The second kappa shape index (κ2) is 7.83. The molecule has 0 heterocycles. The maximum absolute atomic E-state index is 6.14. The van der Waals surface area contributed by atoms with E-state index in [0.717, 1.165) is 28.2 Å². The highest BCUT2D eigenvalue weighted by molar-refractivity contribution is 9.10. The molecule has 0 aliphatic carbocycles. The van der Waals surface area contributed by atoms with E-state index in [1.54, 1.807) is 7.11 Å². The van der Waals surface area contributed by atoms with E-state index in [9.17, 15) is 0 Å². The predicted molar refractivity (Wildman–Crippen MR) is 92.3 cm³/mol. The van der Waals surface area contributed by atoms with Gasteiger partial charge < -0.3 is 10.1 Å². The molecule has 0 spiro atoms. The number of hydrogen-bond donors (Lipinski definition) is 1. The molecule has 1 N–H and O–H groups in total. The summed E-state index contributed by atoms with van der Waals surface area (Å²) in [4.78, 5) is 0. The number of ether oxygens (including phenoxy) is 1. The third-order valence-corrected chi connectivity index (χ3v) is 4.34. The van der Waals surface area contributed by atoms with Crippen LogP contribution in [0.4, 0.5) is 0 Å². The Morgan fingerprint density at radius 1 is 1.19 bits per heavy atom. The number of benzene rings is 2. The lowest BCUT2D eigenvalue weighted by molar-refractivity contribution is 0.414. The minimum atomic E-state index is 0.219. The largest absolute Gasteiger partial charge is 0.497 e. The lowest BCUT2D eigenvalue weighted by Gasteiger charge is -2.20. The van der Waals surface area contributed by atoms with Crippen molar-refractivity contribution < 1.29 is 4.74 Å². The monoisotopic (exact) mass is 367 g/mol. The van der Waals surface area contributed by atoms with Gasteiger partial charge in [0.05, 0.1) is 7.11 Å². The van der Waals surface area contributed by atoms with Crippen LogP contribution in [-0.4, -0.2) is 13.7 Å². The van der Waals surface area contributed by atoms with Crippen molar-refractivity contribution in [3.8, 4) is 5.75 Å². The summed E-state index contributed by atoms with van der Waals surface area (Å²) in [7, 11) is 1.68. The van der Waals surface area contributed by atoms with Crippen LogP contribution < -0.4 is 10.1 Å². The normalized spacial score (nSPS) is 12.2. The van der Waals surface area contributed by atoms with Crippen molar-refractivity contribution >= 4 is 27.5 Å². The third kappa shape index (κ3) is 4.47. The topological polar surface area (TPSA) is 21.3 Å². The predicted octanol–water partition coefficient (Wildman–Crippen LogP) is 5.00. The fraction of sp³-hybridized carbons (Fsp3) is 0.294. The van der Waals surface area contributed by atoms with Crippen molar-refractivity contribution in [1.82, 2.24) is 5.32 Å². The molecule has 4 heteroatoms. The first-order chi connectivity index (χ1) is 10.1. The third-order valence-electron chi connectivity index (χ3n) is 3.38. The Labute approximate surface area is 139 Å². The van der Waals surface area contributed by atoms with Gasteiger partial charge in [0.2, 0.25) is 0 Å². The zero-order chi connectivity index (χ0) is 15.2. The molecule has 0 radical (unpaired) electrons. The SMILES string of the molecule is CCNC(Cc1ccc(OC)cc1)c1cc(Cl)ccc1Br. The van der Waals surface area contributed by atoms with Gasteiger partial charge in [-0.1, -0.05) is 46.6 Å². The van der Waals surface area contributed by atoms with Gasteiger partial charge >= 0.3 is 0 Å². The minimum absolute atomic E-state index is 0.219. The van der Waals surface area contributed by atoms with Crippen LogP contribution in [0.3, 0.4) is 0 Å². The van der Waals surface area contributed by atoms with Crippen LogP contribution in [0, 0.1) is 0 Å². The highest BCUT2D eigenvalue weighted by Crippen LogP contribution is 2.29. The molecule has 2 aromatic carbocycles. The van der Waals surface area contributed by atoms with Crippen LogP contribution in [0.5, 0.6) is 5.75 Å². The molecule has 2 rings (SSSR count). The minimum Gasteiger partial charge on any atom is -0.497 e. The van der Waals surface area contributed by atoms with Gasteiger partial charge in [0.15, 0.2) is 0 Å². The molecule has 21 heavy (non-hydrogen) atoms. The van der Waals surface area contributed by atoms with Crippen LogP contribution in [0.15, 0.2) is 46.9 Å². The Morgan fingerprint density at radius 2 is 1.90 bits per heavy atom. The summed E-state index contributed by atoms with van der Waals surface area (Å²) in [6.45, 7) is 3.01. The molecular weight excluding hydrogens is 350 g/mol. The van der Waals surface area contributed by atoms with E-state index in [2.05, 4.69) is 40.3 Å². The average Bonchev–Trinajstić information content (AvgIpc) is 2.50. The van der Waals surface area contributed by atoms with Crippen LogP contribution in [-0.2, 0) is 6.42 Å². The quantitative estimate of drug-likeness (QED) is 0.774. The fourth-order valence-electron chi connectivity index (χ4n) is 2.32. The molecule has 2 aromatic rings. The lowest BCUT2D eigenvalue weighted by Crippen LogP contribution is -2.23. The molecule has 2 nitrogen and oxygen atoms in total. The van der Waals surface area contributed by atoms with Crippen LogP contribution in [0.1, 0.15) is 24.1 Å². The van der Waals surface area contributed by atoms with Crippen molar-refractivity contribution in [3.05, 3.63) is 63.1 Å². The summed E-state index contributed by atoms with van der Waals surface area (Å²) in [6.07, 6.45) is 0.900. The lowest BCUT2D eigenvalue weighted by atomic mass is 9.98. The summed E-state index contributed by atoms with van der Waals surface area (Å²) < 4.78 is 6.28. The number of likely N-dealkylation sites (N-methyl/N-ethyl adjacent to an activating group) is 1. The van der Waals surface area contributed by atoms with Crippen LogP contribution in [0.25, 0.3) is 0 Å². The van der Waals surface area contributed by atoms with E-state index in [4.69, 9.17) is 16.3 Å². The Kier molecular flexibility index (Phi) is 6.09. The number of halogens is 2. The molecule has 0 saturated carbocycles. The first-order valence-electron chi connectivity index (χ1n) is 6.95. The standard InChI is InChI=1S/C17H19BrClNO/c1-3-20-17(15-11-13(19)6-9-16(15)18)10-12-4-7-14(21-2)8-5-12/h4-9,11,17,20H,3,10H2,1-2H3. The highest BCUT2D eigenvalue weighted by Gasteiger charge is 2.15. The summed E-state index contributed by atoms with van der Waals surface area (Å²) in [6, 6.07) is 14.3. The van der Waals surface area contributed by atoms with E-state index in [0.29, 0.717) is 0 Å². The van der Waals surface area contributed by atoms with Gasteiger partial charge in [0.1, 0.15) is 5.75 Å². The number of rotatable bonds is 6. The molecular formula is C17H19BrClNO. The van der Waals surface area contributed by atoms with Crippen molar-refractivity contribution in [2.45, 2.75) is 19.4 Å². The van der Waals surface area contributed by atoms with E-state index >= 15 is 0 Å². The zero-order valence-corrected chi connectivity index (χ0v) is 14.5. The van der Waals surface area contributed by atoms with E-state index in [-0.39, 0.29) is 6.04 Å². The van der Waals surface area contributed by atoms with Crippen LogP contribution >= 0.6 is 27.5 Å². The second-order valence-corrected chi connectivity index (χ2v) is 6.12. The van der Waals surface area contributed by atoms with Gasteiger partial charge in [0, 0.05) is 15.5 Å². The summed E-state index contributed by atoms with van der Waals surface area (Å²) in [5.74, 6) is 0.877. The molecule has 1 unspecified atom stereocenters. The Morgan fingerprint density at radius 3 is 2.52 bits per heavy atom. The molecule has 0 fully saturated rings. The number of methoxy groups -OCH3 is 1. The van der Waals surface area contributed by atoms with Crippen molar-refractivity contribution in [2.75, 3.05) is 13.7 Å². The molecule has 112 valence electrons. The number of hydrogen-bond acceptors (Lipinski definition) is 2. The zero-order valence-electron chi connectivity index (χ0n) is 12.2. The Balaban J connectivity index is 2.23. The maximum atomic E-state index is 6.14. The first-order valence-corrected chi connectivity index (χ1v) is 8.12. The molecule has 0 bridgehead atoms. The van der Waals surface area contributed by atoms with Crippen molar-refractivity contribution in [1.29, 1.82) is 0 Å². The van der Waals surface area contributed by atoms with E-state index in [1.165, 1.54) is 11.1 Å². The summed E-state index contributed by atoms with van der Waals surface area (Å²) in [5.41, 5.74) is 2.44. The molecule has 0 aliphatic heterocycles. The smallest absolute Gasteiger partial charge is 0.118 e. The van der Waals surface area contributed by atoms with Gasteiger partial charge in [-0.2, -0.15) is 0 Å². The van der Waals surface area contributed by atoms with Gasteiger partial charge in [-0.3, -0.25) is 0 Å². The van der Waals surface area contributed by atoms with E-state index in [1.807, 2.05) is 30.3 Å². The first kappa shape index (κ1) is 16.3. The Bertz CT molecular complexity index is 586. The molecule has 1 atom stereocenters. The van der Waals surface area contributed by atoms with Gasteiger partial charge in [-0.15, -0.1) is 0 Å². The van der Waals surface area contributed by atoms with E-state index < -0.39 is 0 Å².